The highest BCUT2D eigenvalue weighted by Crippen LogP contribution is 2.31. The van der Waals surface area contributed by atoms with Crippen LogP contribution in [0.4, 0.5) is 13.2 Å². The largest absolute Gasteiger partial charge is 0.479 e. The summed E-state index contributed by atoms with van der Waals surface area (Å²) in [4.78, 5) is 14.7. The van der Waals surface area contributed by atoms with Crippen molar-refractivity contribution in [1.82, 2.24) is 4.98 Å². The van der Waals surface area contributed by atoms with Gasteiger partial charge in [-0.25, -0.2) is 18.0 Å². The molecule has 0 saturated carbocycles. The molecule has 0 fully saturated rings. The summed E-state index contributed by atoms with van der Waals surface area (Å²) in [6.45, 7) is 1.82. The van der Waals surface area contributed by atoms with Crippen LogP contribution in [0.25, 0.3) is 11.1 Å². The molecule has 1 aromatic heterocycles. The zero-order valence-electron chi connectivity index (χ0n) is 16.4. The number of carboxylic acids is 1. The first-order valence-electron chi connectivity index (χ1n) is 9.34. The van der Waals surface area contributed by atoms with Crippen LogP contribution in [0, 0.1) is 17.5 Å². The molecule has 3 N–H and O–H groups in total. The number of halogens is 3. The number of hydrogen-bond acceptors (Lipinski definition) is 5. The van der Waals surface area contributed by atoms with Crippen molar-refractivity contribution in [2.75, 3.05) is 0 Å². The maximum absolute atomic E-state index is 14.2. The van der Waals surface area contributed by atoms with Gasteiger partial charge < -0.3 is 20.3 Å². The Hall–Kier alpha value is -3.59. The lowest BCUT2D eigenvalue weighted by Gasteiger charge is -2.14. The molecule has 0 aliphatic heterocycles. The molecular formula is C22H19F3N2O4. The van der Waals surface area contributed by atoms with Crippen LogP contribution in [0.1, 0.15) is 18.9 Å². The Labute approximate surface area is 176 Å². The Morgan fingerprint density at radius 2 is 1.81 bits per heavy atom. The van der Waals surface area contributed by atoms with Crippen molar-refractivity contribution in [1.29, 1.82) is 0 Å². The minimum atomic E-state index is -1.38. The average molecular weight is 432 g/mol. The van der Waals surface area contributed by atoms with E-state index < -0.39 is 41.3 Å². The quantitative estimate of drug-likeness (QED) is 0.538. The van der Waals surface area contributed by atoms with E-state index in [2.05, 4.69) is 4.98 Å². The molecule has 1 atom stereocenters. The molecule has 0 aliphatic carbocycles. The van der Waals surface area contributed by atoms with Gasteiger partial charge in [-0.15, -0.1) is 0 Å². The number of ether oxygens (including phenoxy) is 2. The van der Waals surface area contributed by atoms with E-state index in [0.717, 1.165) is 11.6 Å². The fraction of sp³-hybridized carbons (Fsp3) is 0.182. The summed E-state index contributed by atoms with van der Waals surface area (Å²) in [6.07, 6.45) is -1.35. The molecule has 0 saturated heterocycles. The lowest BCUT2D eigenvalue weighted by atomic mass is 10.0. The van der Waals surface area contributed by atoms with Crippen molar-refractivity contribution in [2.45, 2.75) is 26.0 Å². The third-order valence-corrected chi connectivity index (χ3v) is 4.35. The number of benzene rings is 2. The van der Waals surface area contributed by atoms with Gasteiger partial charge in [0.05, 0.1) is 0 Å². The number of nitrogens with zero attached hydrogens (tertiary/aromatic N) is 1. The zero-order valence-corrected chi connectivity index (χ0v) is 16.4. The molecule has 0 amide bonds. The molecule has 0 aliphatic rings. The number of hydrogen-bond donors (Lipinski definition) is 2. The second kappa shape index (κ2) is 9.48. The van der Waals surface area contributed by atoms with Crippen LogP contribution in [-0.4, -0.2) is 22.2 Å². The van der Waals surface area contributed by atoms with E-state index in [1.54, 1.807) is 18.2 Å². The van der Waals surface area contributed by atoms with Crippen LogP contribution in [0.5, 0.6) is 17.5 Å². The predicted molar refractivity (Wildman–Crippen MR) is 106 cm³/mol. The van der Waals surface area contributed by atoms with E-state index >= 15 is 0 Å². The smallest absolute Gasteiger partial charge is 0.344 e. The van der Waals surface area contributed by atoms with Gasteiger partial charge in [-0.05, 0) is 41.3 Å². The van der Waals surface area contributed by atoms with Crippen LogP contribution in [0.2, 0.25) is 0 Å². The van der Waals surface area contributed by atoms with Crippen LogP contribution in [0.15, 0.2) is 48.5 Å². The fourth-order valence-electron chi connectivity index (χ4n) is 2.81. The molecule has 0 spiro atoms. The van der Waals surface area contributed by atoms with Crippen LogP contribution >= 0.6 is 0 Å². The highest BCUT2D eigenvalue weighted by atomic mass is 19.1. The van der Waals surface area contributed by atoms with E-state index in [1.807, 2.05) is 6.07 Å². The normalized spacial score (nSPS) is 11.8. The van der Waals surface area contributed by atoms with Gasteiger partial charge in [0.2, 0.25) is 0 Å². The van der Waals surface area contributed by atoms with E-state index in [-0.39, 0.29) is 12.2 Å². The molecule has 3 rings (SSSR count). The first kappa shape index (κ1) is 22.1. The summed E-state index contributed by atoms with van der Waals surface area (Å²) in [5.41, 5.74) is 7.58. The molecule has 1 heterocycles. The Kier molecular flexibility index (Phi) is 6.76. The molecule has 162 valence electrons. The summed E-state index contributed by atoms with van der Waals surface area (Å²) in [7, 11) is 0. The molecule has 1 unspecified atom stereocenters. The average Bonchev–Trinajstić information content (AvgIpc) is 2.74. The summed E-state index contributed by atoms with van der Waals surface area (Å²) in [6, 6.07) is 11.3. The number of carboxylic acid groups (broad SMARTS) is 1. The van der Waals surface area contributed by atoms with Crippen molar-refractivity contribution in [3.63, 3.8) is 0 Å². The second-order valence-corrected chi connectivity index (χ2v) is 6.60. The number of nitrogens with two attached hydrogens (primary N) is 1. The molecule has 9 heteroatoms. The Morgan fingerprint density at radius 3 is 2.48 bits per heavy atom. The van der Waals surface area contributed by atoms with E-state index in [0.29, 0.717) is 23.7 Å². The summed E-state index contributed by atoms with van der Waals surface area (Å²) < 4.78 is 52.7. The summed E-state index contributed by atoms with van der Waals surface area (Å²) in [5, 5.41) is 9.06. The first-order chi connectivity index (χ1) is 14.8. The molecule has 6 nitrogen and oxygen atoms in total. The zero-order chi connectivity index (χ0) is 22.5. The highest BCUT2D eigenvalue weighted by molar-refractivity contribution is 5.72. The highest BCUT2D eigenvalue weighted by Gasteiger charge is 2.22. The van der Waals surface area contributed by atoms with Crippen molar-refractivity contribution < 1.29 is 32.5 Å². The van der Waals surface area contributed by atoms with E-state index in [4.69, 9.17) is 20.3 Å². The summed E-state index contributed by atoms with van der Waals surface area (Å²) >= 11 is 0. The molecular weight excluding hydrogens is 413 g/mol. The van der Waals surface area contributed by atoms with Gasteiger partial charge in [-0.1, -0.05) is 25.1 Å². The van der Waals surface area contributed by atoms with Crippen molar-refractivity contribution >= 4 is 5.97 Å². The molecule has 0 radical (unpaired) electrons. The molecule has 31 heavy (non-hydrogen) atoms. The van der Waals surface area contributed by atoms with Gasteiger partial charge in [0.25, 0.3) is 11.8 Å². The number of aromatic nitrogens is 1. The predicted octanol–water partition coefficient (Wildman–Crippen LogP) is 4.66. The summed E-state index contributed by atoms with van der Waals surface area (Å²) in [5.74, 6) is -5.86. The SMILES string of the molecule is CCC(Oc1nc(Oc2cc(F)cc(-c3cccc(CN)c3)c2)c(F)cc1F)C(=O)O. The van der Waals surface area contributed by atoms with E-state index in [9.17, 15) is 18.0 Å². The Balaban J connectivity index is 1.94. The number of pyridine rings is 1. The van der Waals surface area contributed by atoms with Gasteiger partial charge in [-0.2, -0.15) is 4.98 Å². The maximum Gasteiger partial charge on any atom is 0.344 e. The number of rotatable bonds is 8. The maximum atomic E-state index is 14.2. The third-order valence-electron chi connectivity index (χ3n) is 4.35. The van der Waals surface area contributed by atoms with Crippen LogP contribution < -0.4 is 15.2 Å². The molecule has 2 aromatic carbocycles. The first-order valence-corrected chi connectivity index (χ1v) is 9.34. The van der Waals surface area contributed by atoms with E-state index in [1.165, 1.54) is 19.1 Å². The van der Waals surface area contributed by atoms with Crippen molar-refractivity contribution in [2.24, 2.45) is 5.73 Å². The lowest BCUT2D eigenvalue weighted by molar-refractivity contribution is -0.145. The van der Waals surface area contributed by atoms with Gasteiger partial charge in [0.1, 0.15) is 11.6 Å². The Morgan fingerprint density at radius 1 is 1.06 bits per heavy atom. The lowest BCUT2D eigenvalue weighted by Crippen LogP contribution is -2.26. The van der Waals surface area contributed by atoms with Crippen molar-refractivity contribution in [3.05, 3.63) is 71.5 Å². The topological polar surface area (TPSA) is 94.7 Å². The van der Waals surface area contributed by atoms with Gasteiger partial charge >= 0.3 is 5.97 Å². The fourth-order valence-corrected chi connectivity index (χ4v) is 2.81. The van der Waals surface area contributed by atoms with Gasteiger partial charge in [-0.3, -0.25) is 0 Å². The van der Waals surface area contributed by atoms with Crippen LogP contribution in [-0.2, 0) is 11.3 Å². The number of carbonyl (C=O) groups is 1. The standard InChI is InChI=1S/C22H19F3N2O4/c1-2-19(22(28)29)31-21-18(25)10-17(24)20(27-21)30-16-8-14(7-15(23)9-16)13-5-3-4-12(6-13)11-26/h3-10,19H,2,11,26H2,1H3,(H,28,29). The third kappa shape index (κ3) is 5.32. The Bertz CT molecular complexity index is 1110. The van der Waals surface area contributed by atoms with Crippen LogP contribution in [0.3, 0.4) is 0 Å². The van der Waals surface area contributed by atoms with Gasteiger partial charge in [0, 0.05) is 18.7 Å². The monoisotopic (exact) mass is 432 g/mol. The van der Waals surface area contributed by atoms with Crippen molar-refractivity contribution in [3.8, 4) is 28.6 Å². The molecule has 3 aromatic rings. The second-order valence-electron chi connectivity index (χ2n) is 6.60. The molecule has 0 bridgehead atoms. The minimum Gasteiger partial charge on any atom is -0.479 e. The minimum absolute atomic E-state index is 0.0269. The number of aliphatic carboxylic acids is 1. The van der Waals surface area contributed by atoms with Gasteiger partial charge in [0.15, 0.2) is 17.7 Å².